The molecule has 2 atom stereocenters. The number of pyridine rings is 1. The maximum atomic E-state index is 13.4. The molecule has 0 bridgehead atoms. The van der Waals surface area contributed by atoms with Crippen LogP contribution >= 0.6 is 0 Å². The van der Waals surface area contributed by atoms with Gasteiger partial charge in [-0.1, -0.05) is 0 Å². The van der Waals surface area contributed by atoms with Crippen LogP contribution in [-0.4, -0.2) is 48.3 Å². The molecule has 1 aliphatic heterocycles. The highest BCUT2D eigenvalue weighted by Gasteiger charge is 2.34. The Bertz CT molecular complexity index is 428. The predicted molar refractivity (Wildman–Crippen MR) is 55.8 cm³/mol. The fraction of sp³-hybridized carbons (Fsp3) is 0.455. The molecular weight excluding hydrogens is 230 g/mol. The summed E-state index contributed by atoms with van der Waals surface area (Å²) in [6, 6.07) is 0.459. The molecule has 1 aliphatic rings. The average molecular weight is 242 g/mol. The lowest BCUT2D eigenvalue weighted by Gasteiger charge is -2.24. The summed E-state index contributed by atoms with van der Waals surface area (Å²) in [5.74, 6) is -1.06. The Morgan fingerprint density at radius 3 is 2.88 bits per heavy atom. The largest absolute Gasteiger partial charge is 0.376 e. The second-order valence-corrected chi connectivity index (χ2v) is 3.93. The first-order chi connectivity index (χ1) is 8.09. The second kappa shape index (κ2) is 4.75. The monoisotopic (exact) mass is 242 g/mol. The van der Waals surface area contributed by atoms with Gasteiger partial charge in [0.25, 0.3) is 5.91 Å². The summed E-state index contributed by atoms with van der Waals surface area (Å²) in [6.07, 6.45) is 1.06. The Balaban J connectivity index is 2.14. The van der Waals surface area contributed by atoms with E-state index in [1.807, 2.05) is 0 Å². The molecule has 1 fully saturated rings. The molecule has 92 valence electrons. The van der Waals surface area contributed by atoms with Gasteiger partial charge in [-0.15, -0.1) is 0 Å². The summed E-state index contributed by atoms with van der Waals surface area (Å²) in [4.78, 5) is 16.7. The van der Waals surface area contributed by atoms with Crippen molar-refractivity contribution >= 4 is 5.91 Å². The Hall–Kier alpha value is -1.56. The van der Waals surface area contributed by atoms with Gasteiger partial charge >= 0.3 is 0 Å². The molecule has 17 heavy (non-hydrogen) atoms. The summed E-state index contributed by atoms with van der Waals surface area (Å²) >= 11 is 0. The zero-order chi connectivity index (χ0) is 12.4. The van der Waals surface area contributed by atoms with E-state index in [9.17, 15) is 13.6 Å². The van der Waals surface area contributed by atoms with Crippen LogP contribution in [0.1, 0.15) is 10.4 Å². The number of alkyl halides is 1. The van der Waals surface area contributed by atoms with Gasteiger partial charge in [0.1, 0.15) is 12.0 Å². The quantitative estimate of drug-likeness (QED) is 0.778. The summed E-state index contributed by atoms with van der Waals surface area (Å²) < 4.78 is 31.2. The Labute approximate surface area is 97.2 Å². The van der Waals surface area contributed by atoms with E-state index in [0.29, 0.717) is 0 Å². The van der Waals surface area contributed by atoms with E-state index in [-0.39, 0.29) is 18.8 Å². The van der Waals surface area contributed by atoms with Crippen LogP contribution in [-0.2, 0) is 4.74 Å². The number of amides is 1. The maximum Gasteiger partial charge on any atom is 0.255 e. The van der Waals surface area contributed by atoms with Gasteiger partial charge in [0.15, 0.2) is 0 Å². The minimum absolute atomic E-state index is 0.0102. The van der Waals surface area contributed by atoms with Crippen molar-refractivity contribution < 1.29 is 18.3 Å². The van der Waals surface area contributed by atoms with Crippen molar-refractivity contribution in [3.8, 4) is 0 Å². The summed E-state index contributed by atoms with van der Waals surface area (Å²) in [6.45, 7) is 0.149. The fourth-order valence-electron chi connectivity index (χ4n) is 1.75. The zero-order valence-electron chi connectivity index (χ0n) is 9.27. The van der Waals surface area contributed by atoms with Crippen LogP contribution in [0.4, 0.5) is 8.78 Å². The van der Waals surface area contributed by atoms with Crippen LogP contribution in [0.3, 0.4) is 0 Å². The Morgan fingerprint density at radius 2 is 2.29 bits per heavy atom. The molecule has 1 aromatic heterocycles. The van der Waals surface area contributed by atoms with Crippen molar-refractivity contribution in [2.75, 3.05) is 20.3 Å². The molecule has 2 rings (SSSR count). The predicted octanol–water partition coefficient (Wildman–Crippen LogP) is 1.03. The molecule has 1 aromatic rings. The fourth-order valence-corrected chi connectivity index (χ4v) is 1.75. The number of hydrogen-bond acceptors (Lipinski definition) is 3. The summed E-state index contributed by atoms with van der Waals surface area (Å²) in [5.41, 5.74) is 0.103. The topological polar surface area (TPSA) is 42.4 Å². The summed E-state index contributed by atoms with van der Waals surface area (Å²) in [7, 11) is 1.47. The van der Waals surface area contributed by atoms with Gasteiger partial charge in [-0.2, -0.15) is 0 Å². The van der Waals surface area contributed by atoms with E-state index in [2.05, 4.69) is 4.98 Å². The molecule has 4 nitrogen and oxygen atoms in total. The highest BCUT2D eigenvalue weighted by Crippen LogP contribution is 2.17. The molecule has 0 aromatic carbocycles. The molecule has 6 heteroatoms. The lowest BCUT2D eigenvalue weighted by molar-refractivity contribution is 0.0671. The van der Waals surface area contributed by atoms with Gasteiger partial charge in [0, 0.05) is 13.2 Å². The summed E-state index contributed by atoms with van der Waals surface area (Å²) in [5, 5.41) is 0. The van der Waals surface area contributed by atoms with Crippen molar-refractivity contribution in [2.45, 2.75) is 12.2 Å². The van der Waals surface area contributed by atoms with Gasteiger partial charge in [-0.05, 0) is 6.07 Å². The number of hydrogen-bond donors (Lipinski definition) is 0. The highest BCUT2D eigenvalue weighted by atomic mass is 19.1. The smallest absolute Gasteiger partial charge is 0.255 e. The lowest BCUT2D eigenvalue weighted by atomic mass is 10.1. The van der Waals surface area contributed by atoms with Crippen LogP contribution in [0, 0.1) is 5.82 Å². The third-order valence-corrected chi connectivity index (χ3v) is 2.75. The minimum atomic E-state index is -1.20. The van der Waals surface area contributed by atoms with Gasteiger partial charge in [-0.3, -0.25) is 9.78 Å². The van der Waals surface area contributed by atoms with E-state index < -0.39 is 23.9 Å². The zero-order valence-corrected chi connectivity index (χ0v) is 9.27. The van der Waals surface area contributed by atoms with Crippen molar-refractivity contribution in [1.29, 1.82) is 0 Å². The van der Waals surface area contributed by atoms with Crippen LogP contribution in [0.2, 0.25) is 0 Å². The molecule has 0 N–H and O–H groups in total. The number of aromatic nitrogens is 1. The number of carbonyl (C=O) groups is 1. The first kappa shape index (κ1) is 11.9. The normalized spacial score (nSPS) is 23.7. The lowest BCUT2D eigenvalue weighted by Crippen LogP contribution is -2.42. The van der Waals surface area contributed by atoms with E-state index in [1.165, 1.54) is 18.1 Å². The minimum Gasteiger partial charge on any atom is -0.376 e. The number of nitrogens with zero attached hydrogens (tertiary/aromatic N) is 2. The average Bonchev–Trinajstić information content (AvgIpc) is 2.73. The van der Waals surface area contributed by atoms with Crippen LogP contribution < -0.4 is 0 Å². The molecule has 1 saturated heterocycles. The van der Waals surface area contributed by atoms with Gasteiger partial charge in [0.2, 0.25) is 0 Å². The van der Waals surface area contributed by atoms with Gasteiger partial charge in [0.05, 0.1) is 31.0 Å². The maximum absolute atomic E-state index is 13.4. The standard InChI is InChI=1S/C11H12F2N2O2/c1-15(10-6-17-5-9(10)13)11(16)7-2-8(12)4-14-3-7/h2-4,9-10H,5-6H2,1H3. The number of likely N-dealkylation sites (N-methyl/N-ethyl adjacent to an activating group) is 1. The van der Waals surface area contributed by atoms with Crippen LogP contribution in [0.5, 0.6) is 0 Å². The molecule has 2 unspecified atom stereocenters. The first-order valence-corrected chi connectivity index (χ1v) is 5.19. The second-order valence-electron chi connectivity index (χ2n) is 3.93. The Kier molecular flexibility index (Phi) is 3.33. The first-order valence-electron chi connectivity index (χ1n) is 5.19. The van der Waals surface area contributed by atoms with Gasteiger partial charge < -0.3 is 9.64 Å². The SMILES string of the molecule is CN(C(=O)c1cncc(F)c1)C1COCC1F. The Morgan fingerprint density at radius 1 is 1.53 bits per heavy atom. The van der Waals surface area contributed by atoms with E-state index in [4.69, 9.17) is 4.74 Å². The molecule has 0 saturated carbocycles. The van der Waals surface area contributed by atoms with Crippen molar-refractivity contribution in [3.63, 3.8) is 0 Å². The molecule has 0 spiro atoms. The van der Waals surface area contributed by atoms with Crippen molar-refractivity contribution in [1.82, 2.24) is 9.88 Å². The molecule has 1 amide bonds. The van der Waals surface area contributed by atoms with Crippen LogP contribution in [0.25, 0.3) is 0 Å². The number of ether oxygens (including phenoxy) is 1. The number of rotatable bonds is 2. The molecule has 0 radical (unpaired) electrons. The molecule has 2 heterocycles. The van der Waals surface area contributed by atoms with Crippen molar-refractivity contribution in [3.05, 3.63) is 29.8 Å². The number of carbonyl (C=O) groups excluding carboxylic acids is 1. The molecular formula is C11H12F2N2O2. The van der Waals surface area contributed by atoms with Gasteiger partial charge in [-0.25, -0.2) is 8.78 Å². The third kappa shape index (κ3) is 2.41. The highest BCUT2D eigenvalue weighted by molar-refractivity contribution is 5.94. The van der Waals surface area contributed by atoms with Crippen LogP contribution in [0.15, 0.2) is 18.5 Å². The van der Waals surface area contributed by atoms with Crippen molar-refractivity contribution in [2.24, 2.45) is 0 Å². The van der Waals surface area contributed by atoms with E-state index in [1.54, 1.807) is 0 Å². The van der Waals surface area contributed by atoms with E-state index >= 15 is 0 Å². The van der Waals surface area contributed by atoms with E-state index in [0.717, 1.165) is 12.3 Å². The molecule has 0 aliphatic carbocycles. The third-order valence-electron chi connectivity index (χ3n) is 2.75. The number of halogens is 2.